The molecule has 0 atom stereocenters. The van der Waals surface area contributed by atoms with Crippen molar-refractivity contribution in [3.63, 3.8) is 0 Å². The Morgan fingerprint density at radius 3 is 2.71 bits per heavy atom. The summed E-state index contributed by atoms with van der Waals surface area (Å²) in [5.74, 6) is -0.674. The van der Waals surface area contributed by atoms with Crippen molar-refractivity contribution < 1.29 is 19.1 Å². The number of aliphatic imine (C=N–C) groups is 1. The molecule has 1 aromatic heterocycles. The lowest BCUT2D eigenvalue weighted by Crippen LogP contribution is -2.08. The molecule has 34 heavy (non-hydrogen) atoms. The highest BCUT2D eigenvalue weighted by Crippen LogP contribution is 2.37. The number of carbonyl (C=O) groups excluding carboxylic acids is 2. The van der Waals surface area contributed by atoms with Crippen LogP contribution in [0.1, 0.15) is 26.4 Å². The Morgan fingerprint density at radius 2 is 1.91 bits per heavy atom. The van der Waals surface area contributed by atoms with E-state index in [2.05, 4.69) is 20.9 Å². The second-order valence-corrected chi connectivity index (χ2v) is 9.86. The third-order valence-corrected chi connectivity index (χ3v) is 7.21. The van der Waals surface area contributed by atoms with Crippen molar-refractivity contribution in [1.29, 1.82) is 0 Å². The molecule has 0 radical (unpaired) electrons. The Kier molecular flexibility index (Phi) is 6.08. The summed E-state index contributed by atoms with van der Waals surface area (Å²) in [5.41, 5.74) is 2.35. The number of ether oxygens (including phenoxy) is 2. The number of esters is 2. The summed E-state index contributed by atoms with van der Waals surface area (Å²) in [6.45, 7) is 1.98. The second-order valence-electron chi connectivity index (χ2n) is 7.52. The third kappa shape index (κ3) is 4.42. The lowest BCUT2D eigenvalue weighted by Gasteiger charge is -2.08. The molecule has 1 aliphatic heterocycles. The van der Waals surface area contributed by atoms with Gasteiger partial charge in [0.2, 0.25) is 5.90 Å². The van der Waals surface area contributed by atoms with Gasteiger partial charge in [-0.25, -0.2) is 14.6 Å². The van der Waals surface area contributed by atoms with Crippen LogP contribution in [0.2, 0.25) is 5.02 Å². The fourth-order valence-corrected chi connectivity index (χ4v) is 5.30. The second kappa shape index (κ2) is 9.18. The van der Waals surface area contributed by atoms with E-state index in [4.69, 9.17) is 21.1 Å². The molecule has 1 aliphatic rings. The minimum absolute atomic E-state index is 0.102. The van der Waals surface area contributed by atoms with Crippen LogP contribution in [0.5, 0.6) is 5.75 Å². The summed E-state index contributed by atoms with van der Waals surface area (Å²) in [6.07, 6.45) is 1.53. The molecule has 0 aliphatic carbocycles. The Hall–Kier alpha value is -3.26. The van der Waals surface area contributed by atoms with Gasteiger partial charge in [0.15, 0.2) is 5.70 Å². The van der Waals surface area contributed by atoms with Gasteiger partial charge in [0, 0.05) is 25.7 Å². The van der Waals surface area contributed by atoms with Gasteiger partial charge in [0.1, 0.15) is 10.6 Å². The summed E-state index contributed by atoms with van der Waals surface area (Å²) in [4.78, 5) is 30.1. The molecule has 0 spiro atoms. The molecule has 0 unspecified atom stereocenters. The maximum Gasteiger partial charge on any atom is 0.363 e. The average molecular weight is 553 g/mol. The molecule has 3 aromatic carbocycles. The van der Waals surface area contributed by atoms with Crippen LogP contribution in [0.25, 0.3) is 16.2 Å². The molecular formula is C26H15BrClNO4S. The SMILES string of the molecule is Cc1ccc2c(Cl)c(C(=O)Oc3ccc(Br)cc3/C=C3/N=C(c4ccccc4)OC3=O)sc2c1. The van der Waals surface area contributed by atoms with E-state index in [1.165, 1.54) is 17.4 Å². The first-order valence-corrected chi connectivity index (χ1v) is 12.2. The van der Waals surface area contributed by atoms with E-state index >= 15 is 0 Å². The molecule has 8 heteroatoms. The summed E-state index contributed by atoms with van der Waals surface area (Å²) >= 11 is 11.2. The number of cyclic esters (lactones) is 1. The van der Waals surface area contributed by atoms with Crippen molar-refractivity contribution in [3.8, 4) is 5.75 Å². The molecule has 0 bridgehead atoms. The summed E-state index contributed by atoms with van der Waals surface area (Å²) in [5, 5.41) is 1.16. The summed E-state index contributed by atoms with van der Waals surface area (Å²) < 4.78 is 12.7. The average Bonchev–Trinajstić information content (AvgIpc) is 3.35. The minimum atomic E-state index is -0.584. The van der Waals surface area contributed by atoms with Crippen molar-refractivity contribution in [2.75, 3.05) is 0 Å². The monoisotopic (exact) mass is 551 g/mol. The van der Waals surface area contributed by atoms with E-state index in [0.717, 1.165) is 20.1 Å². The predicted octanol–water partition coefficient (Wildman–Crippen LogP) is 7.19. The van der Waals surface area contributed by atoms with E-state index < -0.39 is 11.9 Å². The van der Waals surface area contributed by atoms with Crippen molar-refractivity contribution in [2.24, 2.45) is 4.99 Å². The molecule has 5 nitrogen and oxygen atoms in total. The molecule has 0 amide bonds. The highest BCUT2D eigenvalue weighted by atomic mass is 79.9. The minimum Gasteiger partial charge on any atom is -0.422 e. The summed E-state index contributed by atoms with van der Waals surface area (Å²) in [7, 11) is 0. The molecule has 168 valence electrons. The van der Waals surface area contributed by atoms with Gasteiger partial charge >= 0.3 is 11.9 Å². The number of nitrogens with zero attached hydrogens (tertiary/aromatic N) is 1. The predicted molar refractivity (Wildman–Crippen MR) is 138 cm³/mol. The largest absolute Gasteiger partial charge is 0.422 e. The fraction of sp³-hybridized carbons (Fsp3) is 0.0385. The Morgan fingerprint density at radius 1 is 1.12 bits per heavy atom. The third-order valence-electron chi connectivity index (χ3n) is 5.08. The lowest BCUT2D eigenvalue weighted by molar-refractivity contribution is -0.129. The van der Waals surface area contributed by atoms with Crippen LogP contribution in [0.4, 0.5) is 0 Å². The number of hydrogen-bond donors (Lipinski definition) is 0. The van der Waals surface area contributed by atoms with Crippen molar-refractivity contribution >= 4 is 72.9 Å². The van der Waals surface area contributed by atoms with Gasteiger partial charge in [-0.3, -0.25) is 0 Å². The van der Waals surface area contributed by atoms with Crippen molar-refractivity contribution in [3.05, 3.63) is 103 Å². The molecular weight excluding hydrogens is 538 g/mol. The van der Waals surface area contributed by atoms with Crippen LogP contribution in [0.15, 0.2) is 81.9 Å². The van der Waals surface area contributed by atoms with Crippen molar-refractivity contribution in [1.82, 2.24) is 0 Å². The topological polar surface area (TPSA) is 65.0 Å². The van der Waals surface area contributed by atoms with Gasteiger partial charge in [-0.2, -0.15) is 0 Å². The molecule has 0 saturated carbocycles. The van der Waals surface area contributed by atoms with Crippen LogP contribution in [-0.4, -0.2) is 17.8 Å². The van der Waals surface area contributed by atoms with Crippen molar-refractivity contribution in [2.45, 2.75) is 6.92 Å². The number of halogens is 2. The molecule has 2 heterocycles. The number of fused-ring (bicyclic) bond motifs is 1. The maximum absolute atomic E-state index is 13.0. The van der Waals surface area contributed by atoms with E-state index in [-0.39, 0.29) is 17.3 Å². The number of thiophene rings is 1. The normalized spacial score (nSPS) is 14.4. The van der Waals surface area contributed by atoms with Crippen LogP contribution in [0, 0.1) is 6.92 Å². The Labute approximate surface area is 212 Å². The molecule has 0 N–H and O–H groups in total. The zero-order valence-corrected chi connectivity index (χ0v) is 20.8. The molecule has 5 rings (SSSR count). The molecule has 4 aromatic rings. The van der Waals surface area contributed by atoms with Gasteiger partial charge in [-0.05, 0) is 55.0 Å². The van der Waals surface area contributed by atoms with Crippen LogP contribution in [-0.2, 0) is 9.53 Å². The number of benzene rings is 3. The van der Waals surface area contributed by atoms with E-state index in [9.17, 15) is 9.59 Å². The Bertz CT molecular complexity index is 1520. The quantitative estimate of drug-likeness (QED) is 0.153. The van der Waals surface area contributed by atoms with E-state index in [1.807, 2.05) is 43.3 Å². The van der Waals surface area contributed by atoms with Gasteiger partial charge < -0.3 is 9.47 Å². The zero-order chi connectivity index (χ0) is 23.8. The highest BCUT2D eigenvalue weighted by molar-refractivity contribution is 9.10. The van der Waals surface area contributed by atoms with Gasteiger partial charge in [0.25, 0.3) is 0 Å². The first-order chi connectivity index (χ1) is 16.4. The molecule has 0 saturated heterocycles. The molecule has 0 fully saturated rings. The maximum atomic E-state index is 13.0. The number of carbonyl (C=O) groups is 2. The Balaban J connectivity index is 1.48. The highest BCUT2D eigenvalue weighted by Gasteiger charge is 2.25. The van der Waals surface area contributed by atoms with Gasteiger partial charge in [0.05, 0.1) is 5.02 Å². The standard InChI is InChI=1S/C26H15BrClNO4S/c1-14-7-9-18-21(11-14)34-23(22(18)28)26(31)32-20-10-8-17(27)12-16(20)13-19-25(30)33-24(29-19)15-5-3-2-4-6-15/h2-13H,1H3/b19-13+. The van der Waals surface area contributed by atoms with E-state index in [0.29, 0.717) is 21.0 Å². The number of rotatable bonds is 4. The zero-order valence-electron chi connectivity index (χ0n) is 17.7. The van der Waals surface area contributed by atoms with Crippen LogP contribution in [0.3, 0.4) is 0 Å². The van der Waals surface area contributed by atoms with Crippen LogP contribution >= 0.6 is 38.9 Å². The smallest absolute Gasteiger partial charge is 0.363 e. The first-order valence-electron chi connectivity index (χ1n) is 10.2. The van der Waals surface area contributed by atoms with Crippen LogP contribution < -0.4 is 4.74 Å². The lowest BCUT2D eigenvalue weighted by atomic mass is 10.1. The van der Waals surface area contributed by atoms with Gasteiger partial charge in [-0.15, -0.1) is 11.3 Å². The number of aryl methyl sites for hydroxylation is 1. The number of hydrogen-bond acceptors (Lipinski definition) is 6. The summed E-state index contributed by atoms with van der Waals surface area (Å²) in [6, 6.07) is 20.1. The van der Waals surface area contributed by atoms with Gasteiger partial charge in [-0.1, -0.05) is 57.9 Å². The fourth-order valence-electron chi connectivity index (χ4n) is 3.44. The first kappa shape index (κ1) is 22.5. The van der Waals surface area contributed by atoms with E-state index in [1.54, 1.807) is 30.3 Å².